The molecule has 2 rings (SSSR count). The van der Waals surface area contributed by atoms with Gasteiger partial charge in [-0.1, -0.05) is 17.7 Å². The van der Waals surface area contributed by atoms with E-state index in [1.165, 1.54) is 0 Å². The van der Waals surface area contributed by atoms with Crippen molar-refractivity contribution in [1.82, 2.24) is 4.90 Å². The van der Waals surface area contributed by atoms with Crippen LogP contribution in [0.1, 0.15) is 24.5 Å². The van der Waals surface area contributed by atoms with Crippen LogP contribution < -0.4 is 5.73 Å². The van der Waals surface area contributed by atoms with Gasteiger partial charge in [0.05, 0.1) is 0 Å². The Morgan fingerprint density at radius 1 is 1.50 bits per heavy atom. The average Bonchev–Trinajstić information content (AvgIpc) is 2.52. The molecule has 1 aromatic carbocycles. The van der Waals surface area contributed by atoms with Crippen molar-refractivity contribution >= 4 is 0 Å². The van der Waals surface area contributed by atoms with Gasteiger partial charge in [-0.15, -0.1) is 0 Å². The summed E-state index contributed by atoms with van der Waals surface area (Å²) in [5.74, 6) is -0.115. The second-order valence-corrected chi connectivity index (χ2v) is 5.21. The summed E-state index contributed by atoms with van der Waals surface area (Å²) >= 11 is 0. The van der Waals surface area contributed by atoms with Crippen LogP contribution >= 0.6 is 0 Å². The maximum Gasteiger partial charge on any atom is 0.127 e. The highest BCUT2D eigenvalue weighted by molar-refractivity contribution is 5.24. The zero-order chi connectivity index (χ0) is 11.8. The second kappa shape index (κ2) is 4.15. The molecule has 0 radical (unpaired) electrons. The van der Waals surface area contributed by atoms with Crippen LogP contribution in [0.2, 0.25) is 0 Å². The fourth-order valence-electron chi connectivity index (χ4n) is 2.28. The van der Waals surface area contributed by atoms with Crippen LogP contribution in [-0.4, -0.2) is 23.5 Å². The summed E-state index contributed by atoms with van der Waals surface area (Å²) in [6, 6.07) is 5.26. The highest BCUT2D eigenvalue weighted by Gasteiger charge is 2.29. The van der Waals surface area contributed by atoms with E-state index in [2.05, 4.69) is 11.8 Å². The van der Waals surface area contributed by atoms with Gasteiger partial charge in [-0.05, 0) is 26.3 Å². The third kappa shape index (κ3) is 2.60. The summed E-state index contributed by atoms with van der Waals surface area (Å²) in [4.78, 5) is 2.22. The minimum absolute atomic E-state index is 0.111. The second-order valence-electron chi connectivity index (χ2n) is 5.21. The van der Waals surface area contributed by atoms with E-state index in [-0.39, 0.29) is 11.4 Å². The first-order chi connectivity index (χ1) is 7.46. The van der Waals surface area contributed by atoms with E-state index in [1.807, 2.05) is 13.0 Å². The molecule has 2 nitrogen and oxygen atoms in total. The van der Waals surface area contributed by atoms with Gasteiger partial charge in [-0.3, -0.25) is 4.90 Å². The highest BCUT2D eigenvalue weighted by Crippen LogP contribution is 2.21. The quantitative estimate of drug-likeness (QED) is 0.830. The molecular weight excluding hydrogens is 203 g/mol. The van der Waals surface area contributed by atoms with Crippen LogP contribution in [0.15, 0.2) is 18.2 Å². The van der Waals surface area contributed by atoms with E-state index in [4.69, 9.17) is 5.73 Å². The van der Waals surface area contributed by atoms with Gasteiger partial charge in [0.2, 0.25) is 0 Å². The molecule has 0 aliphatic carbocycles. The molecule has 2 N–H and O–H groups in total. The van der Waals surface area contributed by atoms with E-state index in [0.29, 0.717) is 6.54 Å². The normalized spacial score (nSPS) is 26.2. The molecule has 1 heterocycles. The molecule has 1 saturated heterocycles. The molecule has 1 aromatic rings. The number of nitrogens with zero attached hydrogens (tertiary/aromatic N) is 1. The van der Waals surface area contributed by atoms with Crippen molar-refractivity contribution in [2.45, 2.75) is 32.4 Å². The van der Waals surface area contributed by atoms with Gasteiger partial charge in [-0.2, -0.15) is 0 Å². The first kappa shape index (κ1) is 11.6. The fourth-order valence-corrected chi connectivity index (χ4v) is 2.28. The number of hydrogen-bond acceptors (Lipinski definition) is 2. The number of hydrogen-bond donors (Lipinski definition) is 1. The molecule has 1 unspecified atom stereocenters. The fraction of sp³-hybridized carbons (Fsp3) is 0.538. The first-order valence-corrected chi connectivity index (χ1v) is 5.73. The topological polar surface area (TPSA) is 29.3 Å². The van der Waals surface area contributed by atoms with Gasteiger partial charge in [0.15, 0.2) is 0 Å². The predicted molar refractivity (Wildman–Crippen MR) is 63.6 cm³/mol. The Bertz CT molecular complexity index is 388. The lowest BCUT2D eigenvalue weighted by Gasteiger charge is -2.20. The summed E-state index contributed by atoms with van der Waals surface area (Å²) in [5.41, 5.74) is 7.82. The number of likely N-dealkylation sites (tertiary alicyclic amines) is 1. The summed E-state index contributed by atoms with van der Waals surface area (Å²) in [6.07, 6.45) is 0.987. The molecule has 1 aliphatic heterocycles. The van der Waals surface area contributed by atoms with Gasteiger partial charge < -0.3 is 5.73 Å². The van der Waals surface area contributed by atoms with Crippen LogP contribution in [0.4, 0.5) is 4.39 Å². The van der Waals surface area contributed by atoms with Gasteiger partial charge in [0.1, 0.15) is 5.82 Å². The molecule has 3 heteroatoms. The van der Waals surface area contributed by atoms with Crippen molar-refractivity contribution in [1.29, 1.82) is 0 Å². The lowest BCUT2D eigenvalue weighted by molar-refractivity contribution is 0.305. The molecule has 16 heavy (non-hydrogen) atoms. The number of rotatable bonds is 2. The Labute approximate surface area is 96.2 Å². The van der Waals surface area contributed by atoms with E-state index < -0.39 is 0 Å². The Balaban J connectivity index is 2.07. The van der Waals surface area contributed by atoms with Crippen LogP contribution in [0.3, 0.4) is 0 Å². The Morgan fingerprint density at radius 3 is 2.88 bits per heavy atom. The standard InChI is InChI=1S/C13H19FN2/c1-10-3-4-12(14)11(7-10)8-16-6-5-13(2,15)9-16/h3-4,7H,5-6,8-9,15H2,1-2H3. The molecule has 0 saturated carbocycles. The van der Waals surface area contributed by atoms with Crippen LogP contribution in [0.25, 0.3) is 0 Å². The predicted octanol–water partition coefficient (Wildman–Crippen LogP) is 2.06. The molecule has 0 amide bonds. The van der Waals surface area contributed by atoms with E-state index in [9.17, 15) is 4.39 Å². The number of halogens is 1. The minimum atomic E-state index is -0.115. The zero-order valence-corrected chi connectivity index (χ0v) is 9.96. The maximum atomic E-state index is 13.6. The summed E-state index contributed by atoms with van der Waals surface area (Å²) in [5, 5.41) is 0. The van der Waals surface area contributed by atoms with Crippen molar-refractivity contribution in [3.63, 3.8) is 0 Å². The molecule has 0 spiro atoms. The van der Waals surface area contributed by atoms with E-state index in [1.54, 1.807) is 12.1 Å². The highest BCUT2D eigenvalue weighted by atomic mass is 19.1. The van der Waals surface area contributed by atoms with Crippen molar-refractivity contribution < 1.29 is 4.39 Å². The SMILES string of the molecule is Cc1ccc(F)c(CN2CCC(C)(N)C2)c1. The van der Waals surface area contributed by atoms with Crippen LogP contribution in [0, 0.1) is 12.7 Å². The monoisotopic (exact) mass is 222 g/mol. The Morgan fingerprint density at radius 2 is 2.25 bits per heavy atom. The van der Waals surface area contributed by atoms with E-state index in [0.717, 1.165) is 30.6 Å². The van der Waals surface area contributed by atoms with Crippen molar-refractivity contribution in [3.05, 3.63) is 35.1 Å². The number of nitrogens with two attached hydrogens (primary N) is 1. The van der Waals surface area contributed by atoms with Gasteiger partial charge in [0.25, 0.3) is 0 Å². The van der Waals surface area contributed by atoms with Crippen LogP contribution in [-0.2, 0) is 6.54 Å². The molecule has 88 valence electrons. The number of benzene rings is 1. The zero-order valence-electron chi connectivity index (χ0n) is 9.96. The lowest BCUT2D eigenvalue weighted by atomic mass is 10.0. The van der Waals surface area contributed by atoms with E-state index >= 15 is 0 Å². The molecule has 1 aliphatic rings. The molecule has 0 bridgehead atoms. The summed E-state index contributed by atoms with van der Waals surface area (Å²) in [7, 11) is 0. The van der Waals surface area contributed by atoms with Gasteiger partial charge in [0, 0.05) is 30.7 Å². The van der Waals surface area contributed by atoms with Gasteiger partial charge >= 0.3 is 0 Å². The number of aryl methyl sites for hydroxylation is 1. The Kier molecular flexibility index (Phi) is 3.00. The Hall–Kier alpha value is -0.930. The van der Waals surface area contributed by atoms with Crippen LogP contribution in [0.5, 0.6) is 0 Å². The molecule has 1 fully saturated rings. The molecule has 0 aromatic heterocycles. The third-order valence-corrected chi connectivity index (χ3v) is 3.18. The first-order valence-electron chi connectivity index (χ1n) is 5.73. The van der Waals surface area contributed by atoms with Crippen molar-refractivity contribution in [3.8, 4) is 0 Å². The summed E-state index contributed by atoms with van der Waals surface area (Å²) in [6.45, 7) is 6.51. The maximum absolute atomic E-state index is 13.6. The molecular formula is C13H19FN2. The minimum Gasteiger partial charge on any atom is -0.324 e. The average molecular weight is 222 g/mol. The largest absolute Gasteiger partial charge is 0.324 e. The van der Waals surface area contributed by atoms with Gasteiger partial charge in [-0.25, -0.2) is 4.39 Å². The smallest absolute Gasteiger partial charge is 0.127 e. The van der Waals surface area contributed by atoms with Crippen molar-refractivity contribution in [2.24, 2.45) is 5.73 Å². The lowest BCUT2D eigenvalue weighted by Crippen LogP contribution is -2.39. The summed E-state index contributed by atoms with van der Waals surface area (Å²) < 4.78 is 13.6. The molecule has 1 atom stereocenters. The van der Waals surface area contributed by atoms with Crippen molar-refractivity contribution in [2.75, 3.05) is 13.1 Å². The third-order valence-electron chi connectivity index (χ3n) is 3.18.